The molecule has 0 aliphatic heterocycles. The molecule has 0 radical (unpaired) electrons. The van der Waals surface area contributed by atoms with Crippen molar-refractivity contribution < 1.29 is 0 Å². The Labute approximate surface area is 102 Å². The van der Waals surface area contributed by atoms with Crippen molar-refractivity contribution in [2.75, 3.05) is 0 Å². The van der Waals surface area contributed by atoms with Crippen molar-refractivity contribution in [3.63, 3.8) is 0 Å². The minimum Gasteiger partial charge on any atom is -0.336 e. The summed E-state index contributed by atoms with van der Waals surface area (Å²) < 4.78 is 0.881. The summed E-state index contributed by atoms with van der Waals surface area (Å²) in [6.07, 6.45) is 6.65. The largest absolute Gasteiger partial charge is 0.336 e. The maximum atomic E-state index is 4.82. The van der Waals surface area contributed by atoms with Gasteiger partial charge in [0.05, 0.1) is 11.1 Å². The van der Waals surface area contributed by atoms with Gasteiger partial charge in [0, 0.05) is 24.8 Å². The summed E-state index contributed by atoms with van der Waals surface area (Å²) in [5.74, 6) is 5.85. The van der Waals surface area contributed by atoms with Crippen LogP contribution in [-0.4, -0.2) is 19.9 Å². The zero-order valence-corrected chi connectivity index (χ0v) is 9.65. The molecule has 2 rings (SSSR count). The molecule has 78 valence electrons. The zero-order valence-electron chi connectivity index (χ0n) is 8.02. The molecule has 0 unspecified atom stereocenters. The Morgan fingerprint density at radius 1 is 0.875 bits per heavy atom. The molecule has 4 nitrogen and oxygen atoms in total. The number of nitrogens with zero attached hydrogens (tertiary/aromatic N) is 2. The van der Waals surface area contributed by atoms with Gasteiger partial charge in [0.2, 0.25) is 0 Å². The number of aromatic nitrogens is 4. The molecule has 0 fully saturated rings. The molecule has 0 aliphatic rings. The first-order chi connectivity index (χ1) is 7.74. The molecule has 6 heteroatoms. The molecule has 0 atom stereocenters. The number of hydrogen-bond donors (Lipinski definition) is 2. The lowest BCUT2D eigenvalue weighted by Crippen LogP contribution is -1.84. The Kier molecular flexibility index (Phi) is 3.19. The van der Waals surface area contributed by atoms with Crippen LogP contribution >= 0.6 is 24.4 Å². The summed E-state index contributed by atoms with van der Waals surface area (Å²) >= 11 is 9.64. The van der Waals surface area contributed by atoms with E-state index in [4.69, 9.17) is 24.4 Å². The van der Waals surface area contributed by atoms with Crippen LogP contribution in [0.4, 0.5) is 0 Å². The van der Waals surface area contributed by atoms with E-state index in [2.05, 4.69) is 31.8 Å². The second-order valence-electron chi connectivity index (χ2n) is 2.86. The monoisotopic (exact) mass is 246 g/mol. The highest BCUT2D eigenvalue weighted by atomic mass is 32.1. The van der Waals surface area contributed by atoms with Crippen LogP contribution in [0.1, 0.15) is 11.1 Å². The number of H-pyrrole nitrogens is 2. The first-order valence-corrected chi connectivity index (χ1v) is 5.17. The Bertz CT molecular complexity index is 577. The fourth-order valence-electron chi connectivity index (χ4n) is 0.965. The SMILES string of the molecule is S=c1ncc(C#Cc2cnc(=S)[nH]c2)c[nH]1. The average molecular weight is 246 g/mol. The predicted molar refractivity (Wildman–Crippen MR) is 64.8 cm³/mol. The van der Waals surface area contributed by atoms with Gasteiger partial charge in [0.25, 0.3) is 0 Å². The Morgan fingerprint density at radius 2 is 1.31 bits per heavy atom. The van der Waals surface area contributed by atoms with E-state index in [0.29, 0.717) is 9.54 Å². The molecule has 2 heterocycles. The predicted octanol–water partition coefficient (Wildman–Crippen LogP) is 1.99. The Morgan fingerprint density at radius 3 is 1.62 bits per heavy atom. The van der Waals surface area contributed by atoms with Crippen molar-refractivity contribution in [1.82, 2.24) is 19.9 Å². The molecule has 0 aliphatic carbocycles. The molecule has 16 heavy (non-hydrogen) atoms. The number of aromatic amines is 2. The maximum Gasteiger partial charge on any atom is 0.196 e. The molecule has 0 spiro atoms. The van der Waals surface area contributed by atoms with Crippen LogP contribution in [0.5, 0.6) is 0 Å². The molecule has 0 saturated heterocycles. The summed E-state index contributed by atoms with van der Waals surface area (Å²) in [7, 11) is 0. The second kappa shape index (κ2) is 4.79. The van der Waals surface area contributed by atoms with E-state index in [9.17, 15) is 0 Å². The van der Waals surface area contributed by atoms with E-state index in [1.54, 1.807) is 24.8 Å². The normalized spacial score (nSPS) is 9.25. The van der Waals surface area contributed by atoms with E-state index in [-0.39, 0.29) is 0 Å². The van der Waals surface area contributed by atoms with Crippen molar-refractivity contribution in [3.05, 3.63) is 45.5 Å². The standard InChI is InChI=1S/C10H6N4S2/c15-9-11-3-7(4-12-9)1-2-8-5-13-10(16)14-6-8/h3-6H,(H,11,12,15)(H,13,14,16). The van der Waals surface area contributed by atoms with Crippen LogP contribution in [0, 0.1) is 21.4 Å². The van der Waals surface area contributed by atoms with Crippen LogP contribution in [0.3, 0.4) is 0 Å². The lowest BCUT2D eigenvalue weighted by Gasteiger charge is -1.89. The van der Waals surface area contributed by atoms with Crippen LogP contribution in [-0.2, 0) is 0 Å². The molecular weight excluding hydrogens is 240 g/mol. The smallest absolute Gasteiger partial charge is 0.196 e. The first-order valence-electron chi connectivity index (χ1n) is 4.35. The fraction of sp³-hybridized carbons (Fsp3) is 0. The van der Waals surface area contributed by atoms with Gasteiger partial charge in [-0.05, 0) is 24.4 Å². The molecule has 2 N–H and O–H groups in total. The van der Waals surface area contributed by atoms with E-state index >= 15 is 0 Å². The summed E-state index contributed by atoms with van der Waals surface area (Å²) in [6.45, 7) is 0. The van der Waals surface area contributed by atoms with E-state index in [1.807, 2.05) is 0 Å². The third-order valence-corrected chi connectivity index (χ3v) is 2.14. The van der Waals surface area contributed by atoms with Gasteiger partial charge < -0.3 is 9.97 Å². The van der Waals surface area contributed by atoms with Crippen LogP contribution in [0.15, 0.2) is 24.8 Å². The van der Waals surface area contributed by atoms with Crippen molar-refractivity contribution in [2.45, 2.75) is 0 Å². The average Bonchev–Trinajstić information content (AvgIpc) is 2.30. The first kappa shape index (κ1) is 10.7. The highest BCUT2D eigenvalue weighted by molar-refractivity contribution is 7.71. The van der Waals surface area contributed by atoms with Crippen molar-refractivity contribution in [3.8, 4) is 11.8 Å². The highest BCUT2D eigenvalue weighted by Crippen LogP contribution is 1.94. The van der Waals surface area contributed by atoms with Crippen molar-refractivity contribution in [2.24, 2.45) is 0 Å². The Hall–Kier alpha value is -1.84. The summed E-state index contributed by atoms with van der Waals surface area (Å²) in [5.41, 5.74) is 1.52. The summed E-state index contributed by atoms with van der Waals surface area (Å²) in [4.78, 5) is 13.5. The fourth-order valence-corrected chi connectivity index (χ4v) is 1.19. The third kappa shape index (κ3) is 2.82. The van der Waals surface area contributed by atoms with E-state index < -0.39 is 0 Å². The number of hydrogen-bond acceptors (Lipinski definition) is 4. The van der Waals surface area contributed by atoms with Gasteiger partial charge in [0.15, 0.2) is 9.54 Å². The molecule has 0 aromatic carbocycles. The lowest BCUT2D eigenvalue weighted by atomic mass is 10.3. The van der Waals surface area contributed by atoms with E-state index in [1.165, 1.54) is 0 Å². The molecule has 0 amide bonds. The van der Waals surface area contributed by atoms with Gasteiger partial charge in [-0.15, -0.1) is 0 Å². The quantitative estimate of drug-likeness (QED) is 0.551. The van der Waals surface area contributed by atoms with Crippen LogP contribution in [0.25, 0.3) is 0 Å². The zero-order chi connectivity index (χ0) is 11.4. The maximum absolute atomic E-state index is 4.82. The number of rotatable bonds is 0. The molecule has 0 saturated carbocycles. The summed E-state index contributed by atoms with van der Waals surface area (Å²) in [6, 6.07) is 0. The minimum atomic E-state index is 0.441. The van der Waals surface area contributed by atoms with Gasteiger partial charge >= 0.3 is 0 Å². The van der Waals surface area contributed by atoms with Crippen LogP contribution < -0.4 is 0 Å². The van der Waals surface area contributed by atoms with Crippen molar-refractivity contribution >= 4 is 24.4 Å². The van der Waals surface area contributed by atoms with Gasteiger partial charge in [-0.2, -0.15) is 0 Å². The molecule has 2 aromatic heterocycles. The molecule has 0 bridgehead atoms. The Balaban J connectivity index is 2.28. The minimum absolute atomic E-state index is 0.441. The summed E-state index contributed by atoms with van der Waals surface area (Å²) in [5, 5.41) is 0. The van der Waals surface area contributed by atoms with Crippen LogP contribution in [0.2, 0.25) is 0 Å². The van der Waals surface area contributed by atoms with E-state index in [0.717, 1.165) is 11.1 Å². The van der Waals surface area contributed by atoms with Gasteiger partial charge in [-0.25, -0.2) is 9.97 Å². The van der Waals surface area contributed by atoms with Gasteiger partial charge in [-0.3, -0.25) is 0 Å². The van der Waals surface area contributed by atoms with Gasteiger partial charge in [0.1, 0.15) is 0 Å². The highest BCUT2D eigenvalue weighted by Gasteiger charge is 1.87. The molecular formula is C10H6N4S2. The second-order valence-corrected chi connectivity index (χ2v) is 3.64. The third-order valence-electron chi connectivity index (χ3n) is 1.70. The topological polar surface area (TPSA) is 57.4 Å². The molecule has 2 aromatic rings. The number of nitrogens with one attached hydrogen (secondary N) is 2. The van der Waals surface area contributed by atoms with Gasteiger partial charge in [-0.1, -0.05) is 11.8 Å². The lowest BCUT2D eigenvalue weighted by molar-refractivity contribution is 1.12. The van der Waals surface area contributed by atoms with Crippen molar-refractivity contribution in [1.29, 1.82) is 0 Å².